The largest absolute Gasteiger partial charge is 0.480 e. The second kappa shape index (κ2) is 8.48. The number of urea groups is 1. The molecule has 0 aliphatic heterocycles. The van der Waals surface area contributed by atoms with Gasteiger partial charge in [0, 0.05) is 6.54 Å². The normalized spacial score (nSPS) is 9.52. The molecule has 21 heavy (non-hydrogen) atoms. The Hall–Kier alpha value is -2.68. The number of carbonyl (C=O) groups is 2. The molecular weight excluding hydrogens is 272 g/mol. The molecule has 1 aromatic carbocycles. The highest BCUT2D eigenvalue weighted by atomic mass is 16.5. The van der Waals surface area contributed by atoms with E-state index in [4.69, 9.17) is 16.3 Å². The SMILES string of the molecule is C#CCN(CCC)C(=O)Nc1ccccc1OCC(=O)O. The molecule has 1 aromatic rings. The van der Waals surface area contributed by atoms with Gasteiger partial charge in [0.25, 0.3) is 0 Å². The highest BCUT2D eigenvalue weighted by molar-refractivity contribution is 5.91. The number of hydrogen-bond donors (Lipinski definition) is 2. The van der Waals surface area contributed by atoms with Crippen molar-refractivity contribution in [2.24, 2.45) is 0 Å². The Balaban J connectivity index is 2.79. The third-order valence-electron chi connectivity index (χ3n) is 2.54. The van der Waals surface area contributed by atoms with E-state index in [1.54, 1.807) is 24.3 Å². The number of rotatable bonds is 7. The Bertz CT molecular complexity index is 537. The van der Waals surface area contributed by atoms with Crippen LogP contribution in [0.1, 0.15) is 13.3 Å². The lowest BCUT2D eigenvalue weighted by molar-refractivity contribution is -0.139. The van der Waals surface area contributed by atoms with Crippen LogP contribution >= 0.6 is 0 Å². The van der Waals surface area contributed by atoms with E-state index in [2.05, 4.69) is 11.2 Å². The number of amides is 2. The van der Waals surface area contributed by atoms with E-state index in [0.29, 0.717) is 18.0 Å². The van der Waals surface area contributed by atoms with E-state index >= 15 is 0 Å². The topological polar surface area (TPSA) is 78.9 Å². The van der Waals surface area contributed by atoms with Gasteiger partial charge >= 0.3 is 12.0 Å². The number of carbonyl (C=O) groups excluding carboxylic acids is 1. The average molecular weight is 290 g/mol. The van der Waals surface area contributed by atoms with Gasteiger partial charge in [0.05, 0.1) is 12.2 Å². The fourth-order valence-corrected chi connectivity index (χ4v) is 1.66. The van der Waals surface area contributed by atoms with E-state index < -0.39 is 12.6 Å². The lowest BCUT2D eigenvalue weighted by Crippen LogP contribution is -2.36. The van der Waals surface area contributed by atoms with Gasteiger partial charge in [0.1, 0.15) is 5.75 Å². The van der Waals surface area contributed by atoms with Gasteiger partial charge in [-0.15, -0.1) is 6.42 Å². The predicted octanol–water partition coefficient (Wildman–Crippen LogP) is 2.03. The first-order valence-electron chi connectivity index (χ1n) is 6.51. The quantitative estimate of drug-likeness (QED) is 0.753. The monoisotopic (exact) mass is 290 g/mol. The lowest BCUT2D eigenvalue weighted by Gasteiger charge is -2.21. The van der Waals surface area contributed by atoms with Crippen LogP contribution in [0.25, 0.3) is 0 Å². The Kier molecular flexibility index (Phi) is 6.61. The van der Waals surface area contributed by atoms with Gasteiger partial charge in [-0.3, -0.25) is 0 Å². The highest BCUT2D eigenvalue weighted by Crippen LogP contribution is 2.24. The van der Waals surface area contributed by atoms with E-state index in [0.717, 1.165) is 6.42 Å². The van der Waals surface area contributed by atoms with Crippen molar-refractivity contribution in [1.82, 2.24) is 4.90 Å². The maximum Gasteiger partial charge on any atom is 0.341 e. The molecule has 0 unspecified atom stereocenters. The van der Waals surface area contributed by atoms with Gasteiger partial charge in [-0.1, -0.05) is 25.0 Å². The van der Waals surface area contributed by atoms with Crippen LogP contribution in [0.2, 0.25) is 0 Å². The van der Waals surface area contributed by atoms with Gasteiger partial charge in [-0.05, 0) is 18.6 Å². The zero-order valence-electron chi connectivity index (χ0n) is 11.8. The number of anilines is 1. The molecule has 0 saturated carbocycles. The molecule has 2 amide bonds. The highest BCUT2D eigenvalue weighted by Gasteiger charge is 2.14. The molecule has 0 aliphatic rings. The molecule has 0 fully saturated rings. The zero-order valence-corrected chi connectivity index (χ0v) is 11.8. The maximum absolute atomic E-state index is 12.1. The van der Waals surface area contributed by atoms with Gasteiger partial charge in [-0.2, -0.15) is 0 Å². The molecule has 0 spiro atoms. The fourth-order valence-electron chi connectivity index (χ4n) is 1.66. The van der Waals surface area contributed by atoms with Crippen molar-refractivity contribution >= 4 is 17.7 Å². The number of benzene rings is 1. The Morgan fingerprint density at radius 2 is 2.14 bits per heavy atom. The first kappa shape index (κ1) is 16.4. The number of terminal acetylenes is 1. The van der Waals surface area contributed by atoms with Crippen molar-refractivity contribution in [2.45, 2.75) is 13.3 Å². The van der Waals surface area contributed by atoms with Crippen LogP contribution in [0.5, 0.6) is 5.75 Å². The zero-order chi connectivity index (χ0) is 15.7. The summed E-state index contributed by atoms with van der Waals surface area (Å²) in [7, 11) is 0. The van der Waals surface area contributed by atoms with Gasteiger partial charge in [0.2, 0.25) is 0 Å². The summed E-state index contributed by atoms with van der Waals surface area (Å²) >= 11 is 0. The van der Waals surface area contributed by atoms with E-state index in [1.807, 2.05) is 6.92 Å². The molecule has 0 aromatic heterocycles. The van der Waals surface area contributed by atoms with Crippen LogP contribution in [-0.4, -0.2) is 41.7 Å². The van der Waals surface area contributed by atoms with Crippen LogP contribution < -0.4 is 10.1 Å². The summed E-state index contributed by atoms with van der Waals surface area (Å²) in [5.41, 5.74) is 0.405. The van der Waals surface area contributed by atoms with Gasteiger partial charge < -0.3 is 20.1 Å². The molecule has 0 aliphatic carbocycles. The number of carboxylic acid groups (broad SMARTS) is 1. The van der Waals surface area contributed by atoms with Crippen LogP contribution in [0.3, 0.4) is 0 Å². The van der Waals surface area contributed by atoms with Crippen molar-refractivity contribution < 1.29 is 19.4 Å². The summed E-state index contributed by atoms with van der Waals surface area (Å²) in [5.74, 6) is 1.64. The molecule has 0 bridgehead atoms. The predicted molar refractivity (Wildman–Crippen MR) is 79.3 cm³/mol. The minimum Gasteiger partial charge on any atom is -0.480 e. The molecule has 0 atom stereocenters. The number of ether oxygens (including phenoxy) is 1. The molecule has 0 radical (unpaired) electrons. The van der Waals surface area contributed by atoms with Gasteiger partial charge in [0.15, 0.2) is 6.61 Å². The summed E-state index contributed by atoms with van der Waals surface area (Å²) in [5, 5.41) is 11.3. The van der Waals surface area contributed by atoms with Crippen LogP contribution in [0.4, 0.5) is 10.5 Å². The molecule has 2 N–H and O–H groups in total. The van der Waals surface area contributed by atoms with Crippen LogP contribution in [-0.2, 0) is 4.79 Å². The Morgan fingerprint density at radius 3 is 2.76 bits per heavy atom. The smallest absolute Gasteiger partial charge is 0.341 e. The number of nitrogens with zero attached hydrogens (tertiary/aromatic N) is 1. The second-order valence-electron chi connectivity index (χ2n) is 4.23. The number of para-hydroxylation sites is 2. The molecule has 112 valence electrons. The summed E-state index contributed by atoms with van der Waals surface area (Å²) in [6, 6.07) is 6.28. The van der Waals surface area contributed by atoms with Crippen LogP contribution in [0, 0.1) is 12.3 Å². The van der Waals surface area contributed by atoms with E-state index in [1.165, 1.54) is 4.90 Å². The third-order valence-corrected chi connectivity index (χ3v) is 2.54. The third kappa shape index (κ3) is 5.45. The van der Waals surface area contributed by atoms with Crippen molar-refractivity contribution in [1.29, 1.82) is 0 Å². The van der Waals surface area contributed by atoms with Crippen LogP contribution in [0.15, 0.2) is 24.3 Å². The first-order chi connectivity index (χ1) is 10.1. The summed E-state index contributed by atoms with van der Waals surface area (Å²) in [6.45, 7) is 2.21. The number of aliphatic carboxylic acids is 1. The molecule has 0 heterocycles. The number of nitrogens with one attached hydrogen (secondary N) is 1. The molecule has 0 saturated heterocycles. The minimum absolute atomic E-state index is 0.206. The molecule has 6 heteroatoms. The molecule has 1 rings (SSSR count). The Labute approximate surface area is 123 Å². The summed E-state index contributed by atoms with van der Waals surface area (Å²) < 4.78 is 5.13. The van der Waals surface area contributed by atoms with E-state index in [9.17, 15) is 9.59 Å². The second-order valence-corrected chi connectivity index (χ2v) is 4.23. The average Bonchev–Trinajstić information content (AvgIpc) is 2.46. The van der Waals surface area contributed by atoms with Gasteiger partial charge in [-0.25, -0.2) is 9.59 Å². The fraction of sp³-hybridized carbons (Fsp3) is 0.333. The van der Waals surface area contributed by atoms with Crippen molar-refractivity contribution in [3.05, 3.63) is 24.3 Å². The lowest BCUT2D eigenvalue weighted by atomic mass is 10.3. The number of carboxylic acids is 1. The Morgan fingerprint density at radius 1 is 1.43 bits per heavy atom. The summed E-state index contributed by atoms with van der Waals surface area (Å²) in [4.78, 5) is 24.2. The number of hydrogen-bond acceptors (Lipinski definition) is 3. The van der Waals surface area contributed by atoms with Crippen molar-refractivity contribution in [2.75, 3.05) is 25.0 Å². The standard InChI is InChI=1S/C15H18N2O4/c1-3-9-17(10-4-2)15(20)16-12-7-5-6-8-13(12)21-11-14(18)19/h1,5-8H,4,9-11H2,2H3,(H,16,20)(H,18,19). The van der Waals surface area contributed by atoms with Crippen molar-refractivity contribution in [3.8, 4) is 18.1 Å². The molecule has 6 nitrogen and oxygen atoms in total. The minimum atomic E-state index is -1.09. The van der Waals surface area contributed by atoms with E-state index in [-0.39, 0.29) is 12.6 Å². The maximum atomic E-state index is 12.1. The first-order valence-corrected chi connectivity index (χ1v) is 6.51. The summed E-state index contributed by atoms with van der Waals surface area (Å²) in [6.07, 6.45) is 6.02. The van der Waals surface area contributed by atoms with Crippen molar-refractivity contribution in [3.63, 3.8) is 0 Å². The molecular formula is C15H18N2O4.